The Bertz CT molecular complexity index is 566. The first kappa shape index (κ1) is 15.9. The number of amides is 1. The van der Waals surface area contributed by atoms with Gasteiger partial charge in [0.25, 0.3) is 15.9 Å². The molecule has 21 heavy (non-hydrogen) atoms. The van der Waals surface area contributed by atoms with Crippen molar-refractivity contribution in [3.63, 3.8) is 0 Å². The third-order valence-corrected chi connectivity index (χ3v) is 4.58. The van der Waals surface area contributed by atoms with Crippen molar-refractivity contribution in [2.45, 2.75) is 36.9 Å². The second-order valence-electron chi connectivity index (χ2n) is 4.89. The quantitative estimate of drug-likeness (QED) is 0.850. The lowest BCUT2D eigenvalue weighted by Crippen LogP contribution is -2.39. The molecule has 1 heterocycles. The van der Waals surface area contributed by atoms with Gasteiger partial charge in [0, 0.05) is 6.61 Å². The standard InChI is InChI=1S/C14H19NO5S/c1-11(20-10-12-6-5-9-19-12)14(16)15-21(17,18)13-7-3-2-4-8-13/h2-4,7-8,11-12H,5-6,9-10H2,1H3,(H,15,16)/t11-,12+/m0/s1. The number of rotatable bonds is 6. The van der Waals surface area contributed by atoms with Gasteiger partial charge in [-0.15, -0.1) is 0 Å². The summed E-state index contributed by atoms with van der Waals surface area (Å²) in [6.07, 6.45) is 1.02. The van der Waals surface area contributed by atoms with Crippen LogP contribution in [0.1, 0.15) is 19.8 Å². The molecule has 0 aliphatic carbocycles. The summed E-state index contributed by atoms with van der Waals surface area (Å²) in [4.78, 5) is 11.9. The highest BCUT2D eigenvalue weighted by molar-refractivity contribution is 7.90. The average molecular weight is 313 g/mol. The monoisotopic (exact) mass is 313 g/mol. The second kappa shape index (κ2) is 7.02. The Morgan fingerprint density at radius 1 is 1.43 bits per heavy atom. The van der Waals surface area contributed by atoms with Crippen LogP contribution >= 0.6 is 0 Å². The maximum Gasteiger partial charge on any atom is 0.264 e. The van der Waals surface area contributed by atoms with E-state index in [-0.39, 0.29) is 11.0 Å². The number of ether oxygens (including phenoxy) is 2. The molecule has 1 amide bonds. The first-order valence-corrected chi connectivity index (χ1v) is 8.32. The Morgan fingerprint density at radius 2 is 2.14 bits per heavy atom. The zero-order valence-corrected chi connectivity index (χ0v) is 12.6. The number of carbonyl (C=O) groups is 1. The fourth-order valence-electron chi connectivity index (χ4n) is 1.98. The van der Waals surface area contributed by atoms with E-state index in [9.17, 15) is 13.2 Å². The van der Waals surface area contributed by atoms with Crippen LogP contribution in [0.5, 0.6) is 0 Å². The summed E-state index contributed by atoms with van der Waals surface area (Å²) in [7, 11) is -3.85. The van der Waals surface area contributed by atoms with Gasteiger partial charge < -0.3 is 9.47 Å². The second-order valence-corrected chi connectivity index (χ2v) is 6.58. The van der Waals surface area contributed by atoms with Crippen molar-refractivity contribution in [1.29, 1.82) is 0 Å². The molecule has 1 fully saturated rings. The Hall–Kier alpha value is -1.44. The van der Waals surface area contributed by atoms with Crippen LogP contribution in [0.2, 0.25) is 0 Å². The summed E-state index contributed by atoms with van der Waals surface area (Å²) in [6.45, 7) is 2.52. The minimum absolute atomic E-state index is 0.00835. The maximum atomic E-state index is 12.0. The van der Waals surface area contributed by atoms with Crippen molar-refractivity contribution in [1.82, 2.24) is 4.72 Å². The van der Waals surface area contributed by atoms with E-state index in [1.165, 1.54) is 19.1 Å². The summed E-state index contributed by atoms with van der Waals surface area (Å²) in [5.41, 5.74) is 0. The molecular formula is C14H19NO5S. The number of sulfonamides is 1. The molecule has 0 bridgehead atoms. The van der Waals surface area contributed by atoms with E-state index in [1.54, 1.807) is 18.2 Å². The highest BCUT2D eigenvalue weighted by Gasteiger charge is 2.24. The summed E-state index contributed by atoms with van der Waals surface area (Å²) < 4.78 is 36.8. The molecule has 1 saturated heterocycles. The summed E-state index contributed by atoms with van der Waals surface area (Å²) in [6, 6.07) is 7.74. The summed E-state index contributed by atoms with van der Waals surface area (Å²) in [5, 5.41) is 0. The van der Waals surface area contributed by atoms with Crippen molar-refractivity contribution < 1.29 is 22.7 Å². The van der Waals surface area contributed by atoms with Crippen molar-refractivity contribution in [2.75, 3.05) is 13.2 Å². The Kier molecular flexibility index (Phi) is 5.33. The van der Waals surface area contributed by atoms with E-state index in [2.05, 4.69) is 0 Å². The molecule has 0 saturated carbocycles. The topological polar surface area (TPSA) is 81.7 Å². The smallest absolute Gasteiger partial charge is 0.264 e. The predicted octanol–water partition coefficient (Wildman–Crippen LogP) is 1.08. The van der Waals surface area contributed by atoms with E-state index in [4.69, 9.17) is 9.47 Å². The third-order valence-electron chi connectivity index (χ3n) is 3.21. The Morgan fingerprint density at radius 3 is 2.76 bits per heavy atom. The molecule has 0 unspecified atom stereocenters. The van der Waals surface area contributed by atoms with E-state index in [0.29, 0.717) is 13.2 Å². The van der Waals surface area contributed by atoms with Crippen molar-refractivity contribution >= 4 is 15.9 Å². The van der Waals surface area contributed by atoms with E-state index < -0.39 is 22.0 Å². The molecule has 1 aromatic carbocycles. The predicted molar refractivity (Wildman–Crippen MR) is 76.2 cm³/mol. The average Bonchev–Trinajstić information content (AvgIpc) is 2.98. The molecule has 1 aliphatic rings. The lowest BCUT2D eigenvalue weighted by atomic mass is 10.2. The zero-order valence-electron chi connectivity index (χ0n) is 11.8. The van der Waals surface area contributed by atoms with Crippen LogP contribution in [0.3, 0.4) is 0 Å². The minimum Gasteiger partial charge on any atom is -0.376 e. The minimum atomic E-state index is -3.85. The fraction of sp³-hybridized carbons (Fsp3) is 0.500. The van der Waals surface area contributed by atoms with Crippen LogP contribution in [-0.2, 0) is 24.3 Å². The van der Waals surface area contributed by atoms with Gasteiger partial charge in [-0.05, 0) is 31.9 Å². The summed E-state index contributed by atoms with van der Waals surface area (Å²) in [5.74, 6) is -0.683. The maximum absolute atomic E-state index is 12.0. The van der Waals surface area contributed by atoms with Gasteiger partial charge in [0.2, 0.25) is 0 Å². The molecule has 116 valence electrons. The van der Waals surface area contributed by atoms with Crippen LogP contribution in [0, 0.1) is 0 Å². The molecule has 6 nitrogen and oxygen atoms in total. The number of hydrogen-bond acceptors (Lipinski definition) is 5. The van der Waals surface area contributed by atoms with Crippen molar-refractivity contribution in [3.05, 3.63) is 30.3 Å². The van der Waals surface area contributed by atoms with Crippen molar-refractivity contribution in [2.24, 2.45) is 0 Å². The first-order chi connectivity index (χ1) is 9.99. The van der Waals surface area contributed by atoms with Gasteiger partial charge in [-0.3, -0.25) is 4.79 Å². The fourth-order valence-corrected chi connectivity index (χ4v) is 3.04. The number of benzene rings is 1. The molecule has 1 aromatic rings. The molecule has 0 spiro atoms. The molecule has 2 rings (SSSR count). The summed E-state index contributed by atoms with van der Waals surface area (Å²) >= 11 is 0. The molecule has 0 radical (unpaired) electrons. The number of carbonyl (C=O) groups excluding carboxylic acids is 1. The molecule has 1 N–H and O–H groups in total. The van der Waals surface area contributed by atoms with Crippen LogP contribution in [-0.4, -0.2) is 39.7 Å². The van der Waals surface area contributed by atoms with E-state index >= 15 is 0 Å². The highest BCUT2D eigenvalue weighted by atomic mass is 32.2. The SMILES string of the molecule is C[C@H](OC[C@H]1CCCO1)C(=O)NS(=O)(=O)c1ccccc1. The number of hydrogen-bond donors (Lipinski definition) is 1. The molecule has 0 aromatic heterocycles. The molecular weight excluding hydrogens is 294 g/mol. The van der Waals surface area contributed by atoms with Gasteiger partial charge in [0.15, 0.2) is 0 Å². The van der Waals surface area contributed by atoms with Crippen molar-refractivity contribution in [3.8, 4) is 0 Å². The van der Waals surface area contributed by atoms with Crippen LogP contribution in [0.25, 0.3) is 0 Å². The largest absolute Gasteiger partial charge is 0.376 e. The number of nitrogens with one attached hydrogen (secondary N) is 1. The molecule has 7 heteroatoms. The highest BCUT2D eigenvalue weighted by Crippen LogP contribution is 2.13. The molecule has 1 aliphatic heterocycles. The third kappa shape index (κ3) is 4.52. The van der Waals surface area contributed by atoms with Gasteiger partial charge in [0.05, 0.1) is 17.6 Å². The van der Waals surface area contributed by atoms with Crippen LogP contribution in [0.4, 0.5) is 0 Å². The Balaban J connectivity index is 1.88. The van der Waals surface area contributed by atoms with Gasteiger partial charge >= 0.3 is 0 Å². The first-order valence-electron chi connectivity index (χ1n) is 6.84. The molecule has 2 atom stereocenters. The lowest BCUT2D eigenvalue weighted by Gasteiger charge is -2.16. The van der Waals surface area contributed by atoms with Gasteiger partial charge in [-0.2, -0.15) is 0 Å². The van der Waals surface area contributed by atoms with E-state index in [1.807, 2.05) is 4.72 Å². The van der Waals surface area contributed by atoms with Gasteiger partial charge in [-0.1, -0.05) is 18.2 Å². The van der Waals surface area contributed by atoms with Gasteiger partial charge in [-0.25, -0.2) is 13.1 Å². The lowest BCUT2D eigenvalue weighted by molar-refractivity contribution is -0.131. The normalized spacial score (nSPS) is 20.1. The van der Waals surface area contributed by atoms with E-state index in [0.717, 1.165) is 12.8 Å². The van der Waals surface area contributed by atoms with Crippen LogP contribution in [0.15, 0.2) is 35.2 Å². The zero-order chi connectivity index (χ0) is 15.3. The van der Waals surface area contributed by atoms with Crippen LogP contribution < -0.4 is 4.72 Å². The Labute approximate surface area is 124 Å². The van der Waals surface area contributed by atoms with Gasteiger partial charge in [0.1, 0.15) is 6.10 Å².